The van der Waals surface area contributed by atoms with Gasteiger partial charge in [-0.15, -0.1) is 11.3 Å². The molecule has 0 atom stereocenters. The standard InChI is InChI=1S/C25H21ClN2O3S/c1-2-30-22-12-5-6-13-23(22)31-15-24(29)27-18-9-7-8-17(14-18)21-16-32-25(28-21)19-10-3-4-11-20(19)26/h3-14,16H,2,15H2,1H3,(H,27,29). The molecule has 3 aromatic carbocycles. The second kappa shape index (κ2) is 10.3. The van der Waals surface area contributed by atoms with E-state index < -0.39 is 0 Å². The third-order valence-electron chi connectivity index (χ3n) is 4.56. The Labute approximate surface area is 195 Å². The van der Waals surface area contributed by atoms with Gasteiger partial charge in [-0.25, -0.2) is 4.98 Å². The van der Waals surface area contributed by atoms with E-state index in [0.29, 0.717) is 28.8 Å². The number of thiazole rings is 1. The maximum Gasteiger partial charge on any atom is 0.262 e. The molecule has 0 radical (unpaired) electrons. The van der Waals surface area contributed by atoms with Crippen molar-refractivity contribution in [2.45, 2.75) is 6.92 Å². The number of anilines is 1. The lowest BCUT2D eigenvalue weighted by atomic mass is 10.1. The molecule has 0 fully saturated rings. The van der Waals surface area contributed by atoms with Crippen LogP contribution in [-0.4, -0.2) is 24.1 Å². The first-order valence-electron chi connectivity index (χ1n) is 10.1. The third-order valence-corrected chi connectivity index (χ3v) is 5.76. The van der Waals surface area contributed by atoms with Crippen molar-refractivity contribution in [1.29, 1.82) is 0 Å². The summed E-state index contributed by atoms with van der Waals surface area (Å²) in [5, 5.41) is 6.37. The molecule has 7 heteroatoms. The monoisotopic (exact) mass is 464 g/mol. The molecule has 0 saturated carbocycles. The quantitative estimate of drug-likeness (QED) is 0.321. The van der Waals surface area contributed by atoms with Crippen LogP contribution in [0.4, 0.5) is 5.69 Å². The Bertz CT molecular complexity index is 1230. The van der Waals surface area contributed by atoms with Crippen molar-refractivity contribution in [2.24, 2.45) is 0 Å². The van der Waals surface area contributed by atoms with Crippen LogP contribution in [0.25, 0.3) is 21.8 Å². The van der Waals surface area contributed by atoms with Gasteiger partial charge in [0.2, 0.25) is 0 Å². The first-order chi connectivity index (χ1) is 15.6. The summed E-state index contributed by atoms with van der Waals surface area (Å²) in [5.74, 6) is 0.888. The Kier molecular flexibility index (Phi) is 7.04. The Hall–Kier alpha value is -3.35. The molecule has 4 rings (SSSR count). The predicted molar refractivity (Wildman–Crippen MR) is 130 cm³/mol. The molecule has 0 aliphatic carbocycles. The zero-order chi connectivity index (χ0) is 22.3. The maximum absolute atomic E-state index is 12.4. The van der Waals surface area contributed by atoms with Crippen LogP contribution in [0.2, 0.25) is 5.02 Å². The van der Waals surface area contributed by atoms with Gasteiger partial charge in [-0.3, -0.25) is 4.79 Å². The third kappa shape index (κ3) is 5.28. The van der Waals surface area contributed by atoms with Crippen molar-refractivity contribution in [3.8, 4) is 33.3 Å². The molecule has 162 valence electrons. The van der Waals surface area contributed by atoms with Gasteiger partial charge in [0.25, 0.3) is 5.91 Å². The van der Waals surface area contributed by atoms with Gasteiger partial charge < -0.3 is 14.8 Å². The van der Waals surface area contributed by atoms with Gasteiger partial charge >= 0.3 is 0 Å². The molecule has 0 saturated heterocycles. The fraction of sp³-hybridized carbons (Fsp3) is 0.120. The Morgan fingerprint density at radius 1 is 1.00 bits per heavy atom. The number of amides is 1. The molecule has 0 unspecified atom stereocenters. The smallest absolute Gasteiger partial charge is 0.262 e. The zero-order valence-corrected chi connectivity index (χ0v) is 19.0. The van der Waals surface area contributed by atoms with Gasteiger partial charge in [-0.2, -0.15) is 0 Å². The SMILES string of the molecule is CCOc1ccccc1OCC(=O)Nc1cccc(-c2csc(-c3ccccc3Cl)n2)c1. The summed E-state index contributed by atoms with van der Waals surface area (Å²) in [6.45, 7) is 2.30. The minimum absolute atomic E-state index is 0.123. The summed E-state index contributed by atoms with van der Waals surface area (Å²) >= 11 is 7.82. The number of nitrogens with one attached hydrogen (secondary N) is 1. The lowest BCUT2D eigenvalue weighted by Gasteiger charge is -2.12. The van der Waals surface area contributed by atoms with E-state index in [2.05, 4.69) is 5.32 Å². The minimum atomic E-state index is -0.261. The van der Waals surface area contributed by atoms with E-state index in [1.54, 1.807) is 6.07 Å². The predicted octanol–water partition coefficient (Wildman–Crippen LogP) is 6.55. The summed E-state index contributed by atoms with van der Waals surface area (Å²) in [4.78, 5) is 17.1. The number of ether oxygens (including phenoxy) is 2. The summed E-state index contributed by atoms with van der Waals surface area (Å²) in [6.07, 6.45) is 0. The molecule has 1 amide bonds. The Balaban J connectivity index is 1.43. The van der Waals surface area contributed by atoms with E-state index in [1.807, 2.05) is 79.0 Å². The van der Waals surface area contributed by atoms with Crippen LogP contribution in [0.1, 0.15) is 6.92 Å². The summed E-state index contributed by atoms with van der Waals surface area (Å²) in [7, 11) is 0. The largest absolute Gasteiger partial charge is 0.490 e. The highest BCUT2D eigenvalue weighted by Gasteiger charge is 2.11. The first kappa shape index (κ1) is 21.9. The second-order valence-corrected chi connectivity index (χ2v) is 8.08. The van der Waals surface area contributed by atoms with Crippen molar-refractivity contribution < 1.29 is 14.3 Å². The molecule has 0 aliphatic heterocycles. The zero-order valence-electron chi connectivity index (χ0n) is 17.4. The molecule has 0 spiro atoms. The second-order valence-electron chi connectivity index (χ2n) is 6.82. The number of halogens is 1. The average Bonchev–Trinajstić information content (AvgIpc) is 3.29. The fourth-order valence-electron chi connectivity index (χ4n) is 3.11. The van der Waals surface area contributed by atoms with Crippen LogP contribution in [0, 0.1) is 0 Å². The van der Waals surface area contributed by atoms with Crippen LogP contribution < -0.4 is 14.8 Å². The van der Waals surface area contributed by atoms with Crippen LogP contribution in [0.3, 0.4) is 0 Å². The molecule has 32 heavy (non-hydrogen) atoms. The fourth-order valence-corrected chi connectivity index (χ4v) is 4.25. The Morgan fingerprint density at radius 2 is 1.75 bits per heavy atom. The number of rotatable bonds is 8. The van der Waals surface area contributed by atoms with Crippen LogP contribution in [0.5, 0.6) is 11.5 Å². The molecular weight excluding hydrogens is 444 g/mol. The number of hydrogen-bond donors (Lipinski definition) is 1. The molecule has 5 nitrogen and oxygen atoms in total. The molecule has 0 aliphatic rings. The lowest BCUT2D eigenvalue weighted by Crippen LogP contribution is -2.20. The highest BCUT2D eigenvalue weighted by atomic mass is 35.5. The summed E-state index contributed by atoms with van der Waals surface area (Å²) in [6, 6.07) is 22.5. The topological polar surface area (TPSA) is 60.5 Å². The van der Waals surface area contributed by atoms with E-state index in [1.165, 1.54) is 11.3 Å². The first-order valence-corrected chi connectivity index (χ1v) is 11.3. The molecule has 1 aromatic heterocycles. The summed E-state index contributed by atoms with van der Waals surface area (Å²) < 4.78 is 11.2. The molecule has 1 N–H and O–H groups in total. The summed E-state index contributed by atoms with van der Waals surface area (Å²) in [5.41, 5.74) is 3.30. The normalized spacial score (nSPS) is 10.6. The minimum Gasteiger partial charge on any atom is -0.490 e. The number of carbonyl (C=O) groups is 1. The van der Waals surface area contributed by atoms with Crippen molar-refractivity contribution in [3.05, 3.63) is 83.2 Å². The van der Waals surface area contributed by atoms with Crippen molar-refractivity contribution in [1.82, 2.24) is 4.98 Å². The Morgan fingerprint density at radius 3 is 2.53 bits per heavy atom. The lowest BCUT2D eigenvalue weighted by molar-refractivity contribution is -0.118. The number of benzene rings is 3. The van der Waals surface area contributed by atoms with E-state index in [0.717, 1.165) is 21.8 Å². The average molecular weight is 465 g/mol. The van der Waals surface area contributed by atoms with Crippen LogP contribution >= 0.6 is 22.9 Å². The highest BCUT2D eigenvalue weighted by molar-refractivity contribution is 7.13. The van der Waals surface area contributed by atoms with E-state index >= 15 is 0 Å². The number of nitrogens with zero attached hydrogens (tertiary/aromatic N) is 1. The molecular formula is C25H21ClN2O3S. The van der Waals surface area contributed by atoms with Gasteiger partial charge in [-0.1, -0.05) is 54.1 Å². The number of para-hydroxylation sites is 2. The number of aromatic nitrogens is 1. The van der Waals surface area contributed by atoms with Gasteiger partial charge in [0.15, 0.2) is 18.1 Å². The highest BCUT2D eigenvalue weighted by Crippen LogP contribution is 2.33. The van der Waals surface area contributed by atoms with Gasteiger partial charge in [0.1, 0.15) is 5.01 Å². The van der Waals surface area contributed by atoms with Crippen molar-refractivity contribution in [2.75, 3.05) is 18.5 Å². The molecule has 1 heterocycles. The van der Waals surface area contributed by atoms with E-state index in [-0.39, 0.29) is 12.5 Å². The van der Waals surface area contributed by atoms with Gasteiger partial charge in [0.05, 0.1) is 17.3 Å². The molecule has 4 aromatic rings. The molecule has 0 bridgehead atoms. The van der Waals surface area contributed by atoms with E-state index in [4.69, 9.17) is 26.1 Å². The van der Waals surface area contributed by atoms with Crippen molar-refractivity contribution >= 4 is 34.5 Å². The number of carbonyl (C=O) groups excluding carboxylic acids is 1. The van der Waals surface area contributed by atoms with Gasteiger partial charge in [-0.05, 0) is 37.3 Å². The maximum atomic E-state index is 12.4. The van der Waals surface area contributed by atoms with Crippen molar-refractivity contribution in [3.63, 3.8) is 0 Å². The van der Waals surface area contributed by atoms with E-state index in [9.17, 15) is 4.79 Å². The van der Waals surface area contributed by atoms with Gasteiger partial charge in [0, 0.05) is 22.2 Å². The van der Waals surface area contributed by atoms with Crippen LogP contribution in [-0.2, 0) is 4.79 Å². The number of hydrogen-bond acceptors (Lipinski definition) is 5. The van der Waals surface area contributed by atoms with Crippen LogP contribution in [0.15, 0.2) is 78.2 Å².